The van der Waals surface area contributed by atoms with E-state index in [0.717, 1.165) is 35.5 Å². The quantitative estimate of drug-likeness (QED) is 0.782. The smallest absolute Gasteiger partial charge is 0.272 e. The van der Waals surface area contributed by atoms with Crippen LogP contribution >= 0.6 is 0 Å². The monoisotopic (exact) mass is 328 g/mol. The average Bonchev–Trinajstić information content (AvgIpc) is 3.04. The van der Waals surface area contributed by atoms with Crippen LogP contribution in [-0.4, -0.2) is 36.3 Å². The van der Waals surface area contributed by atoms with E-state index in [4.69, 9.17) is 4.74 Å². The second kappa shape index (κ2) is 6.65. The Morgan fingerprint density at radius 1 is 1.33 bits per heavy atom. The highest BCUT2D eigenvalue weighted by Crippen LogP contribution is 2.25. The molecule has 6 nitrogen and oxygen atoms in total. The number of fused-ring (bicyclic) bond motifs is 1. The average molecular weight is 328 g/mol. The molecule has 24 heavy (non-hydrogen) atoms. The Balaban J connectivity index is 1.67. The molecule has 1 amide bonds. The number of hydrogen-bond donors (Lipinski definition) is 3. The molecule has 0 saturated heterocycles. The van der Waals surface area contributed by atoms with E-state index in [1.165, 1.54) is 0 Å². The van der Waals surface area contributed by atoms with Crippen LogP contribution in [0.25, 0.3) is 0 Å². The Hall–Kier alpha value is -2.34. The van der Waals surface area contributed by atoms with Crippen LogP contribution in [-0.2, 0) is 18.4 Å². The Kier molecular flexibility index (Phi) is 4.57. The standard InChI is InChI=1S/C18H24N4O2/c1-18(2,12-4-6-13(24-3)7-5-12)11-20-17(23)16-14-10-19-9-8-15(14)21-22-16/h4-7,19H,8-11H2,1-3H3,(H,20,23)(H,21,22). The van der Waals surface area contributed by atoms with Crippen molar-refractivity contribution in [1.29, 1.82) is 0 Å². The summed E-state index contributed by atoms with van der Waals surface area (Å²) < 4.78 is 5.19. The highest BCUT2D eigenvalue weighted by Gasteiger charge is 2.25. The van der Waals surface area contributed by atoms with Crippen LogP contribution in [0.15, 0.2) is 24.3 Å². The summed E-state index contributed by atoms with van der Waals surface area (Å²) in [5.74, 6) is 0.701. The fourth-order valence-corrected chi connectivity index (χ4v) is 2.94. The highest BCUT2D eigenvalue weighted by molar-refractivity contribution is 5.94. The van der Waals surface area contributed by atoms with Crippen LogP contribution in [0.5, 0.6) is 5.75 Å². The lowest BCUT2D eigenvalue weighted by Gasteiger charge is -2.26. The Morgan fingerprint density at radius 3 is 2.79 bits per heavy atom. The number of rotatable bonds is 5. The lowest BCUT2D eigenvalue weighted by atomic mass is 9.84. The lowest BCUT2D eigenvalue weighted by molar-refractivity contribution is 0.0939. The number of H-pyrrole nitrogens is 1. The number of hydrogen-bond acceptors (Lipinski definition) is 4. The molecule has 0 fully saturated rings. The SMILES string of the molecule is COc1ccc(C(C)(C)CNC(=O)c2n[nH]c3c2CNCC3)cc1. The van der Waals surface area contributed by atoms with Gasteiger partial charge < -0.3 is 15.4 Å². The van der Waals surface area contributed by atoms with E-state index in [1.54, 1.807) is 7.11 Å². The second-order valence-electron chi connectivity index (χ2n) is 6.75. The number of aromatic amines is 1. The van der Waals surface area contributed by atoms with Gasteiger partial charge in [-0.1, -0.05) is 26.0 Å². The molecule has 128 valence electrons. The molecular formula is C18H24N4O2. The summed E-state index contributed by atoms with van der Waals surface area (Å²) >= 11 is 0. The van der Waals surface area contributed by atoms with Crippen molar-refractivity contribution in [3.05, 3.63) is 46.8 Å². The summed E-state index contributed by atoms with van der Waals surface area (Å²) in [7, 11) is 1.65. The molecule has 3 N–H and O–H groups in total. The van der Waals surface area contributed by atoms with Crippen molar-refractivity contribution in [2.75, 3.05) is 20.2 Å². The summed E-state index contributed by atoms with van der Waals surface area (Å²) in [4.78, 5) is 12.5. The van der Waals surface area contributed by atoms with Crippen molar-refractivity contribution in [2.24, 2.45) is 0 Å². The fraction of sp³-hybridized carbons (Fsp3) is 0.444. The van der Waals surface area contributed by atoms with E-state index < -0.39 is 0 Å². The van der Waals surface area contributed by atoms with Crippen LogP contribution in [0.2, 0.25) is 0 Å². The van der Waals surface area contributed by atoms with Crippen LogP contribution in [0.3, 0.4) is 0 Å². The summed E-state index contributed by atoms with van der Waals surface area (Å²) in [6.07, 6.45) is 0.882. The van der Waals surface area contributed by atoms with Gasteiger partial charge in [-0.05, 0) is 17.7 Å². The first kappa shape index (κ1) is 16.5. The molecule has 0 saturated carbocycles. The minimum atomic E-state index is -0.184. The molecule has 0 bridgehead atoms. The molecule has 0 unspecified atom stereocenters. The second-order valence-corrected chi connectivity index (χ2v) is 6.75. The van der Waals surface area contributed by atoms with E-state index in [-0.39, 0.29) is 11.3 Å². The van der Waals surface area contributed by atoms with Gasteiger partial charge in [0.1, 0.15) is 5.75 Å². The number of ether oxygens (including phenoxy) is 1. The van der Waals surface area contributed by atoms with Crippen molar-refractivity contribution in [3.8, 4) is 5.75 Å². The molecule has 0 radical (unpaired) electrons. The third kappa shape index (κ3) is 3.28. The van der Waals surface area contributed by atoms with Crippen LogP contribution in [0.4, 0.5) is 0 Å². The van der Waals surface area contributed by atoms with Gasteiger partial charge in [-0.2, -0.15) is 5.10 Å². The maximum atomic E-state index is 12.5. The van der Waals surface area contributed by atoms with E-state index in [9.17, 15) is 4.79 Å². The molecule has 1 aromatic carbocycles. The number of carbonyl (C=O) groups is 1. The van der Waals surface area contributed by atoms with Gasteiger partial charge in [0.05, 0.1) is 7.11 Å². The van der Waals surface area contributed by atoms with Crippen LogP contribution < -0.4 is 15.4 Å². The van der Waals surface area contributed by atoms with Crippen molar-refractivity contribution in [3.63, 3.8) is 0 Å². The zero-order valence-electron chi connectivity index (χ0n) is 14.4. The van der Waals surface area contributed by atoms with Gasteiger partial charge in [0.25, 0.3) is 5.91 Å². The molecular weight excluding hydrogens is 304 g/mol. The molecule has 0 aliphatic carbocycles. The predicted octanol–water partition coefficient (Wildman–Crippen LogP) is 1.77. The molecule has 3 rings (SSSR count). The van der Waals surface area contributed by atoms with E-state index in [0.29, 0.717) is 18.8 Å². The minimum Gasteiger partial charge on any atom is -0.497 e. The first-order valence-electron chi connectivity index (χ1n) is 8.21. The topological polar surface area (TPSA) is 79.0 Å². The molecule has 1 aliphatic heterocycles. The van der Waals surface area contributed by atoms with Crippen molar-refractivity contribution in [2.45, 2.75) is 32.2 Å². The lowest BCUT2D eigenvalue weighted by Crippen LogP contribution is -2.37. The van der Waals surface area contributed by atoms with E-state index in [2.05, 4.69) is 34.7 Å². The minimum absolute atomic E-state index is 0.127. The number of nitrogens with one attached hydrogen (secondary N) is 3. The Morgan fingerprint density at radius 2 is 2.08 bits per heavy atom. The maximum absolute atomic E-state index is 12.5. The number of nitrogens with zero attached hydrogens (tertiary/aromatic N) is 1. The van der Waals surface area contributed by atoms with Crippen LogP contribution in [0.1, 0.15) is 41.2 Å². The first-order valence-corrected chi connectivity index (χ1v) is 8.21. The highest BCUT2D eigenvalue weighted by atomic mass is 16.5. The molecule has 2 aromatic rings. The largest absolute Gasteiger partial charge is 0.497 e. The molecule has 1 aliphatic rings. The van der Waals surface area contributed by atoms with Gasteiger partial charge in [-0.3, -0.25) is 9.89 Å². The third-order valence-electron chi connectivity index (χ3n) is 4.58. The van der Waals surface area contributed by atoms with Gasteiger partial charge in [0, 0.05) is 42.7 Å². The number of benzene rings is 1. The fourth-order valence-electron chi connectivity index (χ4n) is 2.94. The Bertz CT molecular complexity index is 719. The maximum Gasteiger partial charge on any atom is 0.272 e. The number of methoxy groups -OCH3 is 1. The van der Waals surface area contributed by atoms with Gasteiger partial charge in [0.2, 0.25) is 0 Å². The summed E-state index contributed by atoms with van der Waals surface area (Å²) in [6, 6.07) is 7.94. The Labute approximate surface area is 142 Å². The van der Waals surface area contributed by atoms with E-state index in [1.807, 2.05) is 24.3 Å². The summed E-state index contributed by atoms with van der Waals surface area (Å²) in [6.45, 7) is 6.36. The first-order chi connectivity index (χ1) is 11.5. The third-order valence-corrected chi connectivity index (χ3v) is 4.58. The van der Waals surface area contributed by atoms with Crippen LogP contribution in [0, 0.1) is 0 Å². The number of aromatic nitrogens is 2. The van der Waals surface area contributed by atoms with Crippen molar-refractivity contribution < 1.29 is 9.53 Å². The number of amides is 1. The van der Waals surface area contributed by atoms with Gasteiger partial charge in [-0.25, -0.2) is 0 Å². The molecule has 2 heterocycles. The normalized spacial score (nSPS) is 14.1. The molecule has 0 spiro atoms. The van der Waals surface area contributed by atoms with Crippen molar-refractivity contribution in [1.82, 2.24) is 20.8 Å². The summed E-state index contributed by atoms with van der Waals surface area (Å²) in [5, 5.41) is 13.5. The molecule has 6 heteroatoms. The van der Waals surface area contributed by atoms with Crippen molar-refractivity contribution >= 4 is 5.91 Å². The zero-order chi connectivity index (χ0) is 17.2. The van der Waals surface area contributed by atoms with Gasteiger partial charge in [0.15, 0.2) is 5.69 Å². The van der Waals surface area contributed by atoms with Gasteiger partial charge >= 0.3 is 0 Å². The van der Waals surface area contributed by atoms with E-state index >= 15 is 0 Å². The molecule has 1 aromatic heterocycles. The predicted molar refractivity (Wildman–Crippen MR) is 92.4 cm³/mol. The zero-order valence-corrected chi connectivity index (χ0v) is 14.4. The molecule has 0 atom stereocenters. The number of carbonyl (C=O) groups excluding carboxylic acids is 1. The van der Waals surface area contributed by atoms with Gasteiger partial charge in [-0.15, -0.1) is 0 Å². The summed E-state index contributed by atoms with van der Waals surface area (Å²) in [5.41, 5.74) is 3.52.